The normalized spacial score (nSPS) is 10.2. The summed E-state index contributed by atoms with van der Waals surface area (Å²) >= 11 is 0. The molecule has 98 valence electrons. The first-order valence-electron chi connectivity index (χ1n) is 6.29. The highest BCUT2D eigenvalue weighted by atomic mass is 15.1. The van der Waals surface area contributed by atoms with Gasteiger partial charge in [-0.05, 0) is 36.8 Å². The predicted molar refractivity (Wildman–Crippen MR) is 78.4 cm³/mol. The Morgan fingerprint density at radius 3 is 2.53 bits per heavy atom. The van der Waals surface area contributed by atoms with Gasteiger partial charge in [-0.25, -0.2) is 0 Å². The van der Waals surface area contributed by atoms with E-state index in [4.69, 9.17) is 11.1 Å². The van der Waals surface area contributed by atoms with E-state index in [0.29, 0.717) is 0 Å². The third-order valence-electron chi connectivity index (χ3n) is 3.04. The van der Waals surface area contributed by atoms with Crippen LogP contribution in [-0.4, -0.2) is 17.4 Å². The molecule has 1 aromatic carbocycles. The highest BCUT2D eigenvalue weighted by Crippen LogP contribution is 2.21. The lowest BCUT2D eigenvalue weighted by Crippen LogP contribution is -2.25. The number of benzene rings is 1. The Labute approximate surface area is 113 Å². The Hall–Kier alpha value is -2.36. The van der Waals surface area contributed by atoms with Crippen LogP contribution >= 0.6 is 0 Å². The van der Waals surface area contributed by atoms with Gasteiger partial charge < -0.3 is 10.6 Å². The van der Waals surface area contributed by atoms with E-state index in [1.54, 1.807) is 12.4 Å². The molecular formula is C15H18N4. The fourth-order valence-corrected chi connectivity index (χ4v) is 2.05. The summed E-state index contributed by atoms with van der Waals surface area (Å²) in [4.78, 5) is 6.22. The minimum atomic E-state index is 0.101. The summed E-state index contributed by atoms with van der Waals surface area (Å²) in [6.07, 6.45) is 3.58. The molecule has 0 bridgehead atoms. The van der Waals surface area contributed by atoms with Crippen molar-refractivity contribution in [1.29, 1.82) is 5.41 Å². The van der Waals surface area contributed by atoms with E-state index in [1.807, 2.05) is 36.4 Å². The first-order valence-corrected chi connectivity index (χ1v) is 6.29. The second-order valence-corrected chi connectivity index (χ2v) is 4.30. The van der Waals surface area contributed by atoms with Crippen molar-refractivity contribution in [2.75, 3.05) is 11.4 Å². The predicted octanol–water partition coefficient (Wildman–Crippen LogP) is 2.39. The topological polar surface area (TPSA) is 66.0 Å². The molecular weight excluding hydrogens is 236 g/mol. The number of nitrogens with zero attached hydrogens (tertiary/aromatic N) is 2. The Balaban J connectivity index is 2.30. The number of anilines is 1. The summed E-state index contributed by atoms with van der Waals surface area (Å²) in [5.74, 6) is 0.101. The van der Waals surface area contributed by atoms with Gasteiger partial charge in [-0.15, -0.1) is 0 Å². The van der Waals surface area contributed by atoms with Crippen molar-refractivity contribution in [3.8, 4) is 0 Å². The Bertz CT molecular complexity index is 551. The fourth-order valence-electron chi connectivity index (χ4n) is 2.05. The van der Waals surface area contributed by atoms with Gasteiger partial charge in [0.2, 0.25) is 0 Å². The van der Waals surface area contributed by atoms with Crippen LogP contribution in [0.1, 0.15) is 18.1 Å². The first kappa shape index (κ1) is 13.1. The SMILES string of the molecule is CCN(Cc1ccncc1)c1ccccc1C(=N)N. The lowest BCUT2D eigenvalue weighted by atomic mass is 10.1. The number of para-hydroxylation sites is 1. The molecule has 0 atom stereocenters. The van der Waals surface area contributed by atoms with Crippen molar-refractivity contribution in [1.82, 2.24) is 4.98 Å². The highest BCUT2D eigenvalue weighted by Gasteiger charge is 2.11. The molecule has 1 heterocycles. The maximum absolute atomic E-state index is 7.67. The number of hydrogen-bond donors (Lipinski definition) is 2. The first-order chi connectivity index (χ1) is 9.22. The van der Waals surface area contributed by atoms with Crippen LogP contribution in [-0.2, 0) is 6.54 Å². The van der Waals surface area contributed by atoms with Crippen molar-refractivity contribution in [2.24, 2.45) is 5.73 Å². The molecule has 0 fully saturated rings. The van der Waals surface area contributed by atoms with Gasteiger partial charge >= 0.3 is 0 Å². The van der Waals surface area contributed by atoms with Crippen LogP contribution < -0.4 is 10.6 Å². The molecule has 2 aromatic rings. The Morgan fingerprint density at radius 2 is 1.89 bits per heavy atom. The van der Waals surface area contributed by atoms with Crippen LogP contribution in [0.2, 0.25) is 0 Å². The van der Waals surface area contributed by atoms with Crippen molar-refractivity contribution in [2.45, 2.75) is 13.5 Å². The molecule has 0 aliphatic rings. The van der Waals surface area contributed by atoms with Crippen molar-refractivity contribution in [3.05, 3.63) is 59.9 Å². The molecule has 0 saturated carbocycles. The average Bonchev–Trinajstić information content (AvgIpc) is 2.46. The number of aromatic nitrogens is 1. The average molecular weight is 254 g/mol. The van der Waals surface area contributed by atoms with Gasteiger partial charge in [-0.1, -0.05) is 12.1 Å². The number of nitrogen functional groups attached to an aromatic ring is 1. The van der Waals surface area contributed by atoms with Gasteiger partial charge in [-0.3, -0.25) is 10.4 Å². The van der Waals surface area contributed by atoms with Gasteiger partial charge in [-0.2, -0.15) is 0 Å². The lowest BCUT2D eigenvalue weighted by Gasteiger charge is -2.25. The van der Waals surface area contributed by atoms with Crippen LogP contribution in [0.4, 0.5) is 5.69 Å². The largest absolute Gasteiger partial charge is 0.384 e. The zero-order valence-corrected chi connectivity index (χ0v) is 11.0. The van der Waals surface area contributed by atoms with E-state index in [-0.39, 0.29) is 5.84 Å². The molecule has 4 nitrogen and oxygen atoms in total. The number of amidine groups is 1. The summed E-state index contributed by atoms with van der Waals surface area (Å²) in [6.45, 7) is 3.73. The molecule has 2 rings (SSSR count). The molecule has 0 amide bonds. The van der Waals surface area contributed by atoms with E-state index >= 15 is 0 Å². The standard InChI is InChI=1S/C15H18N4/c1-2-19(11-12-7-9-18-10-8-12)14-6-4-3-5-13(14)15(16)17/h3-10H,2,11H2,1H3,(H3,16,17). The Morgan fingerprint density at radius 1 is 1.21 bits per heavy atom. The number of nitrogens with two attached hydrogens (primary N) is 1. The molecule has 0 unspecified atom stereocenters. The summed E-state index contributed by atoms with van der Waals surface area (Å²) in [5.41, 5.74) is 8.61. The third kappa shape index (κ3) is 3.10. The highest BCUT2D eigenvalue weighted by molar-refractivity contribution is 6.00. The number of pyridine rings is 1. The molecule has 0 aliphatic carbocycles. The van der Waals surface area contributed by atoms with Crippen molar-refractivity contribution in [3.63, 3.8) is 0 Å². The maximum atomic E-state index is 7.67. The van der Waals surface area contributed by atoms with Crippen LogP contribution in [0.5, 0.6) is 0 Å². The molecule has 0 aliphatic heterocycles. The Kier molecular flexibility index (Phi) is 4.13. The molecule has 0 spiro atoms. The van der Waals surface area contributed by atoms with Gasteiger partial charge in [0.1, 0.15) is 5.84 Å². The van der Waals surface area contributed by atoms with Gasteiger partial charge in [0.05, 0.1) is 0 Å². The van der Waals surface area contributed by atoms with Crippen LogP contribution in [0.15, 0.2) is 48.8 Å². The van der Waals surface area contributed by atoms with Crippen molar-refractivity contribution >= 4 is 11.5 Å². The summed E-state index contributed by atoms with van der Waals surface area (Å²) in [5, 5.41) is 7.67. The van der Waals surface area contributed by atoms with Crippen LogP contribution in [0.25, 0.3) is 0 Å². The monoisotopic (exact) mass is 254 g/mol. The van der Waals surface area contributed by atoms with E-state index in [9.17, 15) is 0 Å². The maximum Gasteiger partial charge on any atom is 0.124 e. The lowest BCUT2D eigenvalue weighted by molar-refractivity contribution is 0.829. The summed E-state index contributed by atoms with van der Waals surface area (Å²) in [7, 11) is 0. The van der Waals surface area contributed by atoms with Gasteiger partial charge in [0.15, 0.2) is 0 Å². The minimum absolute atomic E-state index is 0.101. The quantitative estimate of drug-likeness (QED) is 0.636. The molecule has 0 saturated heterocycles. The smallest absolute Gasteiger partial charge is 0.124 e. The second kappa shape index (κ2) is 6.00. The number of nitrogens with one attached hydrogen (secondary N) is 1. The molecule has 19 heavy (non-hydrogen) atoms. The molecule has 1 aromatic heterocycles. The summed E-state index contributed by atoms with van der Waals surface area (Å²) < 4.78 is 0. The zero-order chi connectivity index (χ0) is 13.7. The van der Waals surface area contributed by atoms with E-state index < -0.39 is 0 Å². The third-order valence-corrected chi connectivity index (χ3v) is 3.04. The zero-order valence-electron chi connectivity index (χ0n) is 11.0. The van der Waals surface area contributed by atoms with Gasteiger partial charge in [0, 0.05) is 36.7 Å². The van der Waals surface area contributed by atoms with E-state index in [2.05, 4.69) is 16.8 Å². The van der Waals surface area contributed by atoms with Crippen LogP contribution in [0, 0.1) is 5.41 Å². The van der Waals surface area contributed by atoms with Crippen LogP contribution in [0.3, 0.4) is 0 Å². The molecule has 0 radical (unpaired) electrons. The number of hydrogen-bond acceptors (Lipinski definition) is 3. The van der Waals surface area contributed by atoms with Gasteiger partial charge in [0.25, 0.3) is 0 Å². The minimum Gasteiger partial charge on any atom is -0.384 e. The summed E-state index contributed by atoms with van der Waals surface area (Å²) in [6, 6.07) is 11.8. The van der Waals surface area contributed by atoms with E-state index in [1.165, 1.54) is 5.56 Å². The van der Waals surface area contributed by atoms with E-state index in [0.717, 1.165) is 24.3 Å². The molecule has 3 N–H and O–H groups in total. The second-order valence-electron chi connectivity index (χ2n) is 4.30. The molecule has 4 heteroatoms. The van der Waals surface area contributed by atoms with Crippen molar-refractivity contribution < 1.29 is 0 Å². The number of rotatable bonds is 5. The fraction of sp³-hybridized carbons (Fsp3) is 0.200.